The van der Waals surface area contributed by atoms with E-state index in [2.05, 4.69) is 43.0 Å². The Bertz CT molecular complexity index is 381. The first kappa shape index (κ1) is 16.5. The van der Waals surface area contributed by atoms with Crippen molar-refractivity contribution in [2.24, 2.45) is 5.92 Å². The number of rotatable bonds is 9. The predicted molar refractivity (Wildman–Crippen MR) is 92.8 cm³/mol. The van der Waals surface area contributed by atoms with Crippen LogP contribution in [0.3, 0.4) is 0 Å². The van der Waals surface area contributed by atoms with Gasteiger partial charge in [0.2, 0.25) is 0 Å². The van der Waals surface area contributed by atoms with Gasteiger partial charge in [-0.2, -0.15) is 0 Å². The molecule has 1 saturated heterocycles. The average Bonchev–Trinajstić information content (AvgIpc) is 2.91. The Labute approximate surface area is 131 Å². The van der Waals surface area contributed by atoms with E-state index >= 15 is 0 Å². The van der Waals surface area contributed by atoms with Crippen molar-refractivity contribution < 1.29 is 0 Å². The minimum atomic E-state index is 0.914. The van der Waals surface area contributed by atoms with Crippen molar-refractivity contribution >= 4 is 0 Å². The van der Waals surface area contributed by atoms with Gasteiger partial charge in [-0.15, -0.1) is 0 Å². The van der Waals surface area contributed by atoms with E-state index < -0.39 is 0 Å². The van der Waals surface area contributed by atoms with Crippen molar-refractivity contribution in [3.8, 4) is 0 Å². The molecule has 1 aromatic carbocycles. The van der Waals surface area contributed by atoms with Crippen molar-refractivity contribution in [2.45, 2.75) is 65.2 Å². The second-order valence-corrected chi connectivity index (χ2v) is 6.93. The van der Waals surface area contributed by atoms with Gasteiger partial charge in [-0.1, -0.05) is 57.4 Å². The molecule has 0 bridgehead atoms. The standard InChI is InChI=1S/C20H33N/c1-3-4-5-6-8-19-10-12-20(13-11-19)9-7-15-21-16-14-18(2)17-21/h10-13,18H,3-9,14-17H2,1-2H3. The topological polar surface area (TPSA) is 3.24 Å². The zero-order chi connectivity index (χ0) is 14.9. The van der Waals surface area contributed by atoms with Gasteiger partial charge in [-0.05, 0) is 62.2 Å². The van der Waals surface area contributed by atoms with E-state index in [9.17, 15) is 0 Å². The lowest BCUT2D eigenvalue weighted by molar-refractivity contribution is 0.323. The lowest BCUT2D eigenvalue weighted by Crippen LogP contribution is -2.21. The molecule has 118 valence electrons. The normalized spacial score (nSPS) is 19.2. The summed E-state index contributed by atoms with van der Waals surface area (Å²) in [5, 5.41) is 0. The summed E-state index contributed by atoms with van der Waals surface area (Å²) in [5.74, 6) is 0.914. The summed E-state index contributed by atoms with van der Waals surface area (Å²) in [6.07, 6.45) is 10.6. The Balaban J connectivity index is 1.62. The fourth-order valence-electron chi connectivity index (χ4n) is 3.36. The Morgan fingerprint density at radius 3 is 2.19 bits per heavy atom. The van der Waals surface area contributed by atoms with Crippen LogP contribution in [0.1, 0.15) is 63.5 Å². The molecule has 1 unspecified atom stereocenters. The van der Waals surface area contributed by atoms with Crippen LogP contribution in [0.2, 0.25) is 0 Å². The van der Waals surface area contributed by atoms with E-state index in [0.717, 1.165) is 5.92 Å². The van der Waals surface area contributed by atoms with Crippen LogP contribution in [0.15, 0.2) is 24.3 Å². The first-order valence-corrected chi connectivity index (χ1v) is 9.08. The first-order valence-electron chi connectivity index (χ1n) is 9.08. The summed E-state index contributed by atoms with van der Waals surface area (Å²) in [7, 11) is 0. The fourth-order valence-corrected chi connectivity index (χ4v) is 3.36. The Kier molecular flexibility index (Phi) is 7.29. The molecule has 1 atom stereocenters. The Morgan fingerprint density at radius 2 is 1.62 bits per heavy atom. The molecule has 0 amide bonds. The maximum atomic E-state index is 2.63. The lowest BCUT2D eigenvalue weighted by atomic mass is 10.0. The summed E-state index contributed by atoms with van der Waals surface area (Å²) < 4.78 is 0. The molecule has 0 saturated carbocycles. The summed E-state index contributed by atoms with van der Waals surface area (Å²) in [4.78, 5) is 2.63. The van der Waals surface area contributed by atoms with Crippen LogP contribution in [0.25, 0.3) is 0 Å². The van der Waals surface area contributed by atoms with Gasteiger partial charge in [0.15, 0.2) is 0 Å². The minimum Gasteiger partial charge on any atom is -0.303 e. The number of unbranched alkanes of at least 4 members (excludes halogenated alkanes) is 3. The van der Waals surface area contributed by atoms with Gasteiger partial charge in [-0.25, -0.2) is 0 Å². The SMILES string of the molecule is CCCCCCc1ccc(CCCN2CCC(C)C2)cc1. The van der Waals surface area contributed by atoms with Crippen LogP contribution in [0, 0.1) is 5.92 Å². The second kappa shape index (κ2) is 9.25. The number of benzene rings is 1. The van der Waals surface area contributed by atoms with Gasteiger partial charge in [-0.3, -0.25) is 0 Å². The molecule has 0 aromatic heterocycles. The van der Waals surface area contributed by atoms with Crippen molar-refractivity contribution in [3.63, 3.8) is 0 Å². The van der Waals surface area contributed by atoms with E-state index in [0.29, 0.717) is 0 Å². The van der Waals surface area contributed by atoms with Crippen LogP contribution in [-0.2, 0) is 12.8 Å². The highest BCUT2D eigenvalue weighted by atomic mass is 15.1. The van der Waals surface area contributed by atoms with Crippen LogP contribution >= 0.6 is 0 Å². The highest BCUT2D eigenvalue weighted by Crippen LogP contribution is 2.16. The van der Waals surface area contributed by atoms with Crippen molar-refractivity contribution in [1.29, 1.82) is 0 Å². The third kappa shape index (κ3) is 6.22. The quantitative estimate of drug-likeness (QED) is 0.572. The molecule has 1 nitrogen and oxygen atoms in total. The number of hydrogen-bond donors (Lipinski definition) is 0. The Hall–Kier alpha value is -0.820. The molecule has 1 heteroatoms. The smallest absolute Gasteiger partial charge is 0.000750 e. The zero-order valence-corrected chi connectivity index (χ0v) is 14.1. The van der Waals surface area contributed by atoms with Crippen molar-refractivity contribution in [2.75, 3.05) is 19.6 Å². The monoisotopic (exact) mass is 287 g/mol. The van der Waals surface area contributed by atoms with Gasteiger partial charge in [0, 0.05) is 6.54 Å². The predicted octanol–water partition coefficient (Wildman–Crippen LogP) is 5.08. The molecule has 0 N–H and O–H groups in total. The summed E-state index contributed by atoms with van der Waals surface area (Å²) in [5.41, 5.74) is 3.03. The second-order valence-electron chi connectivity index (χ2n) is 6.93. The molecule has 1 aromatic rings. The van der Waals surface area contributed by atoms with E-state index in [1.807, 2.05) is 0 Å². The zero-order valence-electron chi connectivity index (χ0n) is 14.1. The molecule has 1 aliphatic rings. The first-order chi connectivity index (χ1) is 10.3. The molecular weight excluding hydrogens is 254 g/mol. The average molecular weight is 287 g/mol. The largest absolute Gasteiger partial charge is 0.303 e. The van der Waals surface area contributed by atoms with E-state index in [1.54, 1.807) is 0 Å². The third-order valence-corrected chi connectivity index (χ3v) is 4.79. The summed E-state index contributed by atoms with van der Waals surface area (Å²) in [6.45, 7) is 8.56. The van der Waals surface area contributed by atoms with E-state index in [-0.39, 0.29) is 0 Å². The van der Waals surface area contributed by atoms with Crippen LogP contribution in [-0.4, -0.2) is 24.5 Å². The van der Waals surface area contributed by atoms with Gasteiger partial charge in [0.1, 0.15) is 0 Å². The molecule has 0 spiro atoms. The molecule has 0 aliphatic carbocycles. The maximum Gasteiger partial charge on any atom is 0.000750 e. The lowest BCUT2D eigenvalue weighted by Gasteiger charge is -2.14. The fraction of sp³-hybridized carbons (Fsp3) is 0.700. The maximum absolute atomic E-state index is 2.63. The van der Waals surface area contributed by atoms with E-state index in [4.69, 9.17) is 0 Å². The third-order valence-electron chi connectivity index (χ3n) is 4.79. The number of nitrogens with zero attached hydrogens (tertiary/aromatic N) is 1. The molecule has 2 rings (SSSR count). The van der Waals surface area contributed by atoms with Gasteiger partial charge in [0.25, 0.3) is 0 Å². The molecule has 1 aliphatic heterocycles. The molecule has 21 heavy (non-hydrogen) atoms. The number of aryl methyl sites for hydroxylation is 2. The molecule has 0 radical (unpaired) electrons. The van der Waals surface area contributed by atoms with Crippen LogP contribution in [0.4, 0.5) is 0 Å². The van der Waals surface area contributed by atoms with E-state index in [1.165, 1.54) is 82.1 Å². The van der Waals surface area contributed by atoms with Crippen LogP contribution in [0.5, 0.6) is 0 Å². The number of likely N-dealkylation sites (tertiary alicyclic amines) is 1. The van der Waals surface area contributed by atoms with Gasteiger partial charge in [0.05, 0.1) is 0 Å². The minimum absolute atomic E-state index is 0.914. The summed E-state index contributed by atoms with van der Waals surface area (Å²) in [6, 6.07) is 9.39. The van der Waals surface area contributed by atoms with Gasteiger partial charge < -0.3 is 4.90 Å². The van der Waals surface area contributed by atoms with Crippen molar-refractivity contribution in [1.82, 2.24) is 4.90 Å². The van der Waals surface area contributed by atoms with Crippen molar-refractivity contribution in [3.05, 3.63) is 35.4 Å². The Morgan fingerprint density at radius 1 is 0.952 bits per heavy atom. The summed E-state index contributed by atoms with van der Waals surface area (Å²) >= 11 is 0. The molecule has 1 heterocycles. The highest BCUT2D eigenvalue weighted by molar-refractivity contribution is 5.22. The van der Waals surface area contributed by atoms with Crippen LogP contribution < -0.4 is 0 Å². The van der Waals surface area contributed by atoms with Gasteiger partial charge >= 0.3 is 0 Å². The number of hydrogen-bond acceptors (Lipinski definition) is 1. The molecular formula is C20H33N. The highest BCUT2D eigenvalue weighted by Gasteiger charge is 2.17. The molecule has 1 fully saturated rings.